The molecule has 1 unspecified atom stereocenters. The van der Waals surface area contributed by atoms with Crippen molar-refractivity contribution in [2.75, 3.05) is 13.2 Å². The highest BCUT2D eigenvalue weighted by molar-refractivity contribution is 5.23. The van der Waals surface area contributed by atoms with Crippen LogP contribution in [0.15, 0.2) is 24.3 Å². The quantitative estimate of drug-likeness (QED) is 0.811. The van der Waals surface area contributed by atoms with Crippen molar-refractivity contribution < 1.29 is 13.9 Å². The van der Waals surface area contributed by atoms with Crippen LogP contribution in [0.1, 0.15) is 24.1 Å². The van der Waals surface area contributed by atoms with Crippen molar-refractivity contribution in [3.8, 4) is 0 Å². The zero-order valence-corrected chi connectivity index (χ0v) is 9.50. The van der Waals surface area contributed by atoms with Crippen LogP contribution in [0.3, 0.4) is 0 Å². The molecule has 0 aliphatic carbocycles. The Hall–Kier alpha value is -1.00. The lowest BCUT2D eigenvalue weighted by molar-refractivity contribution is -0.0490. The van der Waals surface area contributed by atoms with Gasteiger partial charge in [0.05, 0.1) is 6.54 Å². The van der Waals surface area contributed by atoms with Crippen LogP contribution < -0.4 is 5.32 Å². The number of benzene rings is 1. The summed E-state index contributed by atoms with van der Waals surface area (Å²) in [7, 11) is 0. The molecule has 0 radical (unpaired) electrons. The van der Waals surface area contributed by atoms with E-state index in [0.29, 0.717) is 0 Å². The largest absolute Gasteiger partial charge is 0.390 e. The average Bonchev–Trinajstić information content (AvgIpc) is 2.27. The molecule has 0 spiro atoms. The van der Waals surface area contributed by atoms with Crippen LogP contribution in [-0.2, 0) is 0 Å². The van der Waals surface area contributed by atoms with Gasteiger partial charge in [0.15, 0.2) is 0 Å². The summed E-state index contributed by atoms with van der Waals surface area (Å²) in [5, 5.41) is 11.1. The summed E-state index contributed by atoms with van der Waals surface area (Å²) in [6.45, 7) is 2.15. The van der Waals surface area contributed by atoms with E-state index in [2.05, 4.69) is 5.32 Å². The lowest BCUT2D eigenvalue weighted by atomic mass is 10.1. The van der Waals surface area contributed by atoms with Gasteiger partial charge in [-0.05, 0) is 19.4 Å². The van der Waals surface area contributed by atoms with Gasteiger partial charge in [0.25, 0.3) is 5.92 Å². The zero-order valence-electron chi connectivity index (χ0n) is 9.50. The molecule has 0 aromatic heterocycles. The number of aryl methyl sites for hydroxylation is 1. The summed E-state index contributed by atoms with van der Waals surface area (Å²) < 4.78 is 25.6. The van der Waals surface area contributed by atoms with Gasteiger partial charge in [-0.15, -0.1) is 0 Å². The van der Waals surface area contributed by atoms with Crippen LogP contribution in [0.2, 0.25) is 0 Å². The van der Waals surface area contributed by atoms with Gasteiger partial charge in [0, 0.05) is 6.04 Å². The second kappa shape index (κ2) is 5.37. The van der Waals surface area contributed by atoms with Gasteiger partial charge in [-0.2, -0.15) is 0 Å². The lowest BCUT2D eigenvalue weighted by Crippen LogP contribution is -2.37. The maximum atomic E-state index is 12.8. The maximum absolute atomic E-state index is 12.8. The third kappa shape index (κ3) is 3.87. The molecule has 4 heteroatoms. The SMILES string of the molecule is Cc1ccc(C(C)NCC(F)(F)CO)cc1. The van der Waals surface area contributed by atoms with Crippen LogP contribution in [0.4, 0.5) is 8.78 Å². The average molecular weight is 229 g/mol. The number of nitrogens with one attached hydrogen (secondary N) is 1. The molecule has 1 aromatic carbocycles. The van der Waals surface area contributed by atoms with Crippen LogP contribution in [0.25, 0.3) is 0 Å². The summed E-state index contributed by atoms with van der Waals surface area (Å²) in [5.41, 5.74) is 2.09. The highest BCUT2D eigenvalue weighted by atomic mass is 19.3. The van der Waals surface area contributed by atoms with E-state index in [0.717, 1.165) is 11.1 Å². The van der Waals surface area contributed by atoms with Crippen molar-refractivity contribution in [1.82, 2.24) is 5.32 Å². The Morgan fingerprint density at radius 1 is 1.31 bits per heavy atom. The smallest absolute Gasteiger partial charge is 0.282 e. The van der Waals surface area contributed by atoms with Crippen molar-refractivity contribution in [3.63, 3.8) is 0 Å². The fourth-order valence-corrected chi connectivity index (χ4v) is 1.33. The molecule has 2 nitrogen and oxygen atoms in total. The summed E-state index contributed by atoms with van der Waals surface area (Å²) in [6, 6.07) is 7.54. The van der Waals surface area contributed by atoms with E-state index in [1.54, 1.807) is 0 Å². The van der Waals surface area contributed by atoms with Crippen LogP contribution in [-0.4, -0.2) is 24.2 Å². The first-order chi connectivity index (χ1) is 7.44. The van der Waals surface area contributed by atoms with Crippen LogP contribution >= 0.6 is 0 Å². The van der Waals surface area contributed by atoms with E-state index in [-0.39, 0.29) is 6.04 Å². The van der Waals surface area contributed by atoms with Gasteiger partial charge in [-0.3, -0.25) is 0 Å². The van der Waals surface area contributed by atoms with Gasteiger partial charge in [0.1, 0.15) is 6.61 Å². The van der Waals surface area contributed by atoms with Crippen molar-refractivity contribution in [2.45, 2.75) is 25.8 Å². The second-order valence-electron chi connectivity index (χ2n) is 4.03. The molecule has 1 aromatic rings. The third-order valence-corrected chi connectivity index (χ3v) is 2.48. The number of aliphatic hydroxyl groups excluding tert-OH is 1. The monoisotopic (exact) mass is 229 g/mol. The highest BCUT2D eigenvalue weighted by Gasteiger charge is 2.27. The lowest BCUT2D eigenvalue weighted by Gasteiger charge is -2.19. The normalized spacial score (nSPS) is 13.8. The number of hydrogen-bond donors (Lipinski definition) is 2. The van der Waals surface area contributed by atoms with Crippen molar-refractivity contribution in [1.29, 1.82) is 0 Å². The van der Waals surface area contributed by atoms with Crippen molar-refractivity contribution in [2.24, 2.45) is 0 Å². The molecule has 2 N–H and O–H groups in total. The molecule has 0 aliphatic heterocycles. The van der Waals surface area contributed by atoms with Gasteiger partial charge in [-0.1, -0.05) is 29.8 Å². The molecule has 1 rings (SSSR count). The van der Waals surface area contributed by atoms with Crippen molar-refractivity contribution >= 4 is 0 Å². The summed E-state index contributed by atoms with van der Waals surface area (Å²) >= 11 is 0. The van der Waals surface area contributed by atoms with Gasteiger partial charge in [-0.25, -0.2) is 8.78 Å². The Kier molecular flexibility index (Phi) is 4.38. The molecule has 16 heavy (non-hydrogen) atoms. The van der Waals surface area contributed by atoms with Gasteiger partial charge >= 0.3 is 0 Å². The van der Waals surface area contributed by atoms with E-state index in [4.69, 9.17) is 5.11 Å². The molecular weight excluding hydrogens is 212 g/mol. The first-order valence-corrected chi connectivity index (χ1v) is 5.23. The topological polar surface area (TPSA) is 32.3 Å². The van der Waals surface area contributed by atoms with E-state index < -0.39 is 19.1 Å². The molecule has 0 saturated heterocycles. The Bertz CT molecular complexity index is 324. The summed E-state index contributed by atoms with van der Waals surface area (Å²) in [6.07, 6.45) is 0. The predicted molar refractivity (Wildman–Crippen MR) is 59.6 cm³/mol. The summed E-state index contributed by atoms with van der Waals surface area (Å²) in [4.78, 5) is 0. The minimum absolute atomic E-state index is 0.155. The molecule has 0 saturated carbocycles. The molecule has 0 aliphatic rings. The van der Waals surface area contributed by atoms with Gasteiger partial charge in [0.2, 0.25) is 0 Å². The molecule has 0 heterocycles. The standard InChI is InChI=1S/C12H17F2NO/c1-9-3-5-11(6-4-9)10(2)15-7-12(13,14)8-16/h3-6,10,15-16H,7-8H2,1-2H3. The minimum Gasteiger partial charge on any atom is -0.390 e. The van der Waals surface area contributed by atoms with Crippen LogP contribution in [0, 0.1) is 6.92 Å². The second-order valence-corrected chi connectivity index (χ2v) is 4.03. The van der Waals surface area contributed by atoms with E-state index in [1.165, 1.54) is 0 Å². The first-order valence-electron chi connectivity index (χ1n) is 5.23. The predicted octanol–water partition coefficient (Wildman–Crippen LogP) is 2.27. The molecular formula is C12H17F2NO. The molecule has 0 bridgehead atoms. The number of rotatable bonds is 5. The third-order valence-electron chi connectivity index (χ3n) is 2.48. The number of alkyl halides is 2. The molecule has 1 atom stereocenters. The Morgan fingerprint density at radius 2 is 1.88 bits per heavy atom. The Balaban J connectivity index is 2.53. The zero-order chi connectivity index (χ0) is 12.2. The van der Waals surface area contributed by atoms with E-state index in [9.17, 15) is 8.78 Å². The minimum atomic E-state index is -3.06. The molecule has 90 valence electrons. The van der Waals surface area contributed by atoms with E-state index >= 15 is 0 Å². The molecule has 0 fully saturated rings. The van der Waals surface area contributed by atoms with Crippen molar-refractivity contribution in [3.05, 3.63) is 35.4 Å². The number of hydrogen-bond acceptors (Lipinski definition) is 2. The highest BCUT2D eigenvalue weighted by Crippen LogP contribution is 2.16. The van der Waals surface area contributed by atoms with Gasteiger partial charge < -0.3 is 10.4 Å². The number of aliphatic hydroxyl groups is 1. The maximum Gasteiger partial charge on any atom is 0.282 e. The Morgan fingerprint density at radius 3 is 2.38 bits per heavy atom. The van der Waals surface area contributed by atoms with Crippen LogP contribution in [0.5, 0.6) is 0 Å². The number of halogens is 2. The fourth-order valence-electron chi connectivity index (χ4n) is 1.33. The Labute approximate surface area is 94.3 Å². The first kappa shape index (κ1) is 13.1. The molecule has 0 amide bonds. The summed E-state index contributed by atoms with van der Waals surface area (Å²) in [5.74, 6) is -3.06. The van der Waals surface area contributed by atoms with E-state index in [1.807, 2.05) is 38.1 Å². The fraction of sp³-hybridized carbons (Fsp3) is 0.500.